The van der Waals surface area contributed by atoms with Gasteiger partial charge in [-0.25, -0.2) is 0 Å². The molecule has 1 nitrogen and oxygen atoms in total. The smallest absolute Gasteiger partial charge is 0.0105 e. The fourth-order valence-electron chi connectivity index (χ4n) is 2.48. The third-order valence-electron chi connectivity index (χ3n) is 3.45. The van der Waals surface area contributed by atoms with Gasteiger partial charge in [-0.2, -0.15) is 0 Å². The Balaban J connectivity index is 2.33. The first kappa shape index (κ1) is 14.3. The van der Waals surface area contributed by atoms with Crippen molar-refractivity contribution in [2.45, 2.75) is 70.8 Å². The molecule has 17 heavy (non-hydrogen) atoms. The van der Waals surface area contributed by atoms with Crippen LogP contribution < -0.4 is 5.32 Å². The molecule has 0 aromatic heterocycles. The van der Waals surface area contributed by atoms with Gasteiger partial charge in [-0.05, 0) is 57.9 Å². The van der Waals surface area contributed by atoms with E-state index in [0.29, 0.717) is 6.04 Å². The predicted octanol–water partition coefficient (Wildman–Crippen LogP) is 4.05. The van der Waals surface area contributed by atoms with Gasteiger partial charge in [0.25, 0.3) is 0 Å². The van der Waals surface area contributed by atoms with Crippen molar-refractivity contribution in [2.24, 2.45) is 0 Å². The molecule has 1 heteroatoms. The second kappa shape index (κ2) is 9.31. The van der Waals surface area contributed by atoms with E-state index in [4.69, 9.17) is 6.42 Å². The highest BCUT2D eigenvalue weighted by atomic mass is 14.9. The molecule has 0 aliphatic heterocycles. The minimum atomic E-state index is 0.646. The molecule has 0 saturated carbocycles. The molecule has 0 amide bonds. The minimum absolute atomic E-state index is 0.646. The third-order valence-corrected chi connectivity index (χ3v) is 3.45. The van der Waals surface area contributed by atoms with Gasteiger partial charge in [0.15, 0.2) is 0 Å². The highest BCUT2D eigenvalue weighted by molar-refractivity contribution is 5.07. The van der Waals surface area contributed by atoms with Crippen molar-refractivity contribution in [3.05, 3.63) is 11.6 Å². The Morgan fingerprint density at radius 1 is 1.47 bits per heavy atom. The Bertz CT molecular complexity index is 259. The highest BCUT2D eigenvalue weighted by Gasteiger charge is 2.11. The lowest BCUT2D eigenvalue weighted by atomic mass is 9.92. The normalized spacial score (nSPS) is 17.3. The van der Waals surface area contributed by atoms with Crippen molar-refractivity contribution in [3.63, 3.8) is 0 Å². The van der Waals surface area contributed by atoms with Crippen molar-refractivity contribution < 1.29 is 0 Å². The Hall–Kier alpha value is -0.740. The molecule has 1 rings (SSSR count). The first-order valence-corrected chi connectivity index (χ1v) is 7.21. The molecule has 0 aromatic rings. The van der Waals surface area contributed by atoms with Crippen molar-refractivity contribution in [1.29, 1.82) is 0 Å². The maximum atomic E-state index is 5.32. The SMILES string of the molecule is C#CCCCC(CC1=CCCCC1)NCCC. The maximum absolute atomic E-state index is 5.32. The topological polar surface area (TPSA) is 12.0 Å². The molecule has 1 atom stereocenters. The van der Waals surface area contributed by atoms with Crippen LogP contribution in [0.2, 0.25) is 0 Å². The standard InChI is InChI=1S/C16H27N/c1-3-5-7-12-16(17-13-4-2)14-15-10-8-6-9-11-15/h1,10,16-17H,4-9,11-14H2,2H3. The Morgan fingerprint density at radius 3 is 3.00 bits per heavy atom. The van der Waals surface area contributed by atoms with Gasteiger partial charge < -0.3 is 5.32 Å². The summed E-state index contributed by atoms with van der Waals surface area (Å²) in [7, 11) is 0. The van der Waals surface area contributed by atoms with Crippen LogP contribution in [-0.4, -0.2) is 12.6 Å². The van der Waals surface area contributed by atoms with Crippen molar-refractivity contribution in [3.8, 4) is 12.3 Å². The molecule has 96 valence electrons. The van der Waals surface area contributed by atoms with E-state index in [1.165, 1.54) is 44.9 Å². The van der Waals surface area contributed by atoms with E-state index in [9.17, 15) is 0 Å². The summed E-state index contributed by atoms with van der Waals surface area (Å²) < 4.78 is 0. The average molecular weight is 233 g/mol. The Morgan fingerprint density at radius 2 is 2.35 bits per heavy atom. The molecule has 0 aromatic carbocycles. The molecule has 1 aliphatic rings. The zero-order valence-electron chi connectivity index (χ0n) is 11.3. The molecule has 1 aliphatic carbocycles. The van der Waals surface area contributed by atoms with Gasteiger partial charge in [-0.15, -0.1) is 12.3 Å². The van der Waals surface area contributed by atoms with E-state index >= 15 is 0 Å². The lowest BCUT2D eigenvalue weighted by Gasteiger charge is -2.21. The average Bonchev–Trinajstić information content (AvgIpc) is 2.37. The molecule has 0 bridgehead atoms. The molecular formula is C16H27N. The molecular weight excluding hydrogens is 206 g/mol. The van der Waals surface area contributed by atoms with E-state index < -0.39 is 0 Å². The molecule has 0 radical (unpaired) electrons. The number of nitrogens with one attached hydrogen (secondary N) is 1. The van der Waals surface area contributed by atoms with E-state index in [-0.39, 0.29) is 0 Å². The zero-order valence-corrected chi connectivity index (χ0v) is 11.3. The predicted molar refractivity (Wildman–Crippen MR) is 75.9 cm³/mol. The molecule has 0 heterocycles. The summed E-state index contributed by atoms with van der Waals surface area (Å²) >= 11 is 0. The molecule has 0 spiro atoms. The third kappa shape index (κ3) is 6.54. The quantitative estimate of drug-likeness (QED) is 0.379. The summed E-state index contributed by atoms with van der Waals surface area (Å²) in [6.07, 6.45) is 18.9. The lowest BCUT2D eigenvalue weighted by molar-refractivity contribution is 0.456. The van der Waals surface area contributed by atoms with Crippen LogP contribution in [0.1, 0.15) is 64.7 Å². The van der Waals surface area contributed by atoms with E-state index in [2.05, 4.69) is 24.2 Å². The van der Waals surface area contributed by atoms with Crippen LogP contribution in [0.15, 0.2) is 11.6 Å². The molecule has 1 unspecified atom stereocenters. The van der Waals surface area contributed by atoms with Crippen LogP contribution in [0, 0.1) is 12.3 Å². The van der Waals surface area contributed by atoms with Crippen molar-refractivity contribution in [1.82, 2.24) is 5.32 Å². The van der Waals surface area contributed by atoms with Gasteiger partial charge in [0.05, 0.1) is 0 Å². The minimum Gasteiger partial charge on any atom is -0.314 e. The largest absolute Gasteiger partial charge is 0.314 e. The van der Waals surface area contributed by atoms with Crippen LogP contribution in [0.25, 0.3) is 0 Å². The van der Waals surface area contributed by atoms with E-state index in [1.807, 2.05) is 0 Å². The van der Waals surface area contributed by atoms with Crippen LogP contribution in [0.4, 0.5) is 0 Å². The number of terminal acetylenes is 1. The summed E-state index contributed by atoms with van der Waals surface area (Å²) in [4.78, 5) is 0. The van der Waals surface area contributed by atoms with Gasteiger partial charge in [0.1, 0.15) is 0 Å². The van der Waals surface area contributed by atoms with Crippen molar-refractivity contribution >= 4 is 0 Å². The summed E-state index contributed by atoms with van der Waals surface area (Å²) in [5, 5.41) is 3.67. The number of hydrogen-bond donors (Lipinski definition) is 1. The van der Waals surface area contributed by atoms with Crippen LogP contribution in [0.5, 0.6) is 0 Å². The van der Waals surface area contributed by atoms with Crippen LogP contribution >= 0.6 is 0 Å². The van der Waals surface area contributed by atoms with Gasteiger partial charge in [0, 0.05) is 12.5 Å². The first-order valence-electron chi connectivity index (χ1n) is 7.21. The van der Waals surface area contributed by atoms with Crippen molar-refractivity contribution in [2.75, 3.05) is 6.54 Å². The fourth-order valence-corrected chi connectivity index (χ4v) is 2.48. The van der Waals surface area contributed by atoms with Crippen LogP contribution in [-0.2, 0) is 0 Å². The summed E-state index contributed by atoms with van der Waals surface area (Å²) in [6, 6.07) is 0.646. The highest BCUT2D eigenvalue weighted by Crippen LogP contribution is 2.22. The van der Waals surface area contributed by atoms with Gasteiger partial charge >= 0.3 is 0 Å². The maximum Gasteiger partial charge on any atom is 0.0105 e. The summed E-state index contributed by atoms with van der Waals surface area (Å²) in [6.45, 7) is 3.36. The molecule has 1 N–H and O–H groups in total. The summed E-state index contributed by atoms with van der Waals surface area (Å²) in [5.74, 6) is 2.74. The second-order valence-corrected chi connectivity index (χ2v) is 5.06. The lowest BCUT2D eigenvalue weighted by Crippen LogP contribution is -2.30. The second-order valence-electron chi connectivity index (χ2n) is 5.06. The molecule has 0 fully saturated rings. The molecule has 0 saturated heterocycles. The Kier molecular flexibility index (Phi) is 7.84. The van der Waals surface area contributed by atoms with E-state index in [1.54, 1.807) is 5.57 Å². The fraction of sp³-hybridized carbons (Fsp3) is 0.750. The summed E-state index contributed by atoms with van der Waals surface area (Å²) in [5.41, 5.74) is 1.67. The number of unbranched alkanes of at least 4 members (excludes halogenated alkanes) is 1. The monoisotopic (exact) mass is 233 g/mol. The first-order chi connectivity index (χ1) is 8.36. The van der Waals surface area contributed by atoms with Crippen LogP contribution in [0.3, 0.4) is 0 Å². The number of rotatable bonds is 8. The van der Waals surface area contributed by atoms with Gasteiger partial charge in [-0.3, -0.25) is 0 Å². The van der Waals surface area contributed by atoms with Gasteiger partial charge in [-0.1, -0.05) is 18.6 Å². The van der Waals surface area contributed by atoms with E-state index in [0.717, 1.165) is 19.4 Å². The Labute approximate surface area is 107 Å². The zero-order chi connectivity index (χ0) is 12.3. The number of hydrogen-bond acceptors (Lipinski definition) is 1. The number of allylic oxidation sites excluding steroid dienone is 1. The van der Waals surface area contributed by atoms with Gasteiger partial charge in [0.2, 0.25) is 0 Å².